The van der Waals surface area contributed by atoms with Gasteiger partial charge in [-0.05, 0) is 46.4 Å². The molecule has 0 radical (unpaired) electrons. The number of nitrogens with zero attached hydrogens (tertiary/aromatic N) is 2. The fourth-order valence-corrected chi connectivity index (χ4v) is 2.62. The Morgan fingerprint density at radius 1 is 1.36 bits per heavy atom. The molecule has 0 aromatic rings. The highest BCUT2D eigenvalue weighted by molar-refractivity contribution is 4.85. The molecule has 2 saturated heterocycles. The van der Waals surface area contributed by atoms with Crippen LogP contribution in [0.15, 0.2) is 0 Å². The molecule has 82 valence electrons. The highest BCUT2D eigenvalue weighted by atomic mass is 15.2. The second kappa shape index (κ2) is 4.60. The zero-order chi connectivity index (χ0) is 9.97. The number of rotatable bonds is 3. The van der Waals surface area contributed by atoms with Crippen LogP contribution in [0, 0.1) is 0 Å². The Labute approximate surface area is 87.4 Å². The minimum Gasteiger partial charge on any atom is -0.313 e. The third-order valence-electron chi connectivity index (χ3n) is 3.62. The van der Waals surface area contributed by atoms with Crippen molar-refractivity contribution in [3.8, 4) is 0 Å². The van der Waals surface area contributed by atoms with Crippen molar-refractivity contribution in [2.75, 3.05) is 40.3 Å². The molecule has 1 unspecified atom stereocenters. The molecule has 0 aromatic heterocycles. The average molecular weight is 197 g/mol. The fraction of sp³-hybridized carbons (Fsp3) is 1.00. The Balaban J connectivity index is 1.72. The van der Waals surface area contributed by atoms with Crippen LogP contribution in [0.5, 0.6) is 0 Å². The van der Waals surface area contributed by atoms with Crippen LogP contribution >= 0.6 is 0 Å². The second-order valence-corrected chi connectivity index (χ2v) is 4.96. The third kappa shape index (κ3) is 2.47. The molecule has 0 spiro atoms. The van der Waals surface area contributed by atoms with E-state index in [4.69, 9.17) is 0 Å². The Bertz CT molecular complexity index is 175. The molecule has 2 aliphatic rings. The zero-order valence-electron chi connectivity index (χ0n) is 9.50. The van der Waals surface area contributed by atoms with Gasteiger partial charge in [0, 0.05) is 25.2 Å². The van der Waals surface area contributed by atoms with Gasteiger partial charge in [-0.2, -0.15) is 0 Å². The van der Waals surface area contributed by atoms with Crippen LogP contribution in [0.2, 0.25) is 0 Å². The van der Waals surface area contributed by atoms with Crippen LogP contribution in [-0.4, -0.2) is 62.2 Å². The van der Waals surface area contributed by atoms with Crippen LogP contribution in [0.4, 0.5) is 0 Å². The predicted molar refractivity (Wildman–Crippen MR) is 59.6 cm³/mol. The van der Waals surface area contributed by atoms with Crippen molar-refractivity contribution in [1.82, 2.24) is 15.1 Å². The van der Waals surface area contributed by atoms with E-state index in [9.17, 15) is 0 Å². The molecule has 0 amide bonds. The van der Waals surface area contributed by atoms with Gasteiger partial charge in [0.15, 0.2) is 0 Å². The van der Waals surface area contributed by atoms with Crippen LogP contribution in [0.25, 0.3) is 0 Å². The van der Waals surface area contributed by atoms with E-state index >= 15 is 0 Å². The first-order valence-electron chi connectivity index (χ1n) is 5.88. The summed E-state index contributed by atoms with van der Waals surface area (Å²) in [6, 6.07) is 1.56. The van der Waals surface area contributed by atoms with Crippen molar-refractivity contribution >= 4 is 0 Å². The van der Waals surface area contributed by atoms with Gasteiger partial charge in [-0.3, -0.25) is 0 Å². The van der Waals surface area contributed by atoms with Gasteiger partial charge in [-0.25, -0.2) is 0 Å². The van der Waals surface area contributed by atoms with Gasteiger partial charge in [0.25, 0.3) is 0 Å². The molecule has 3 nitrogen and oxygen atoms in total. The van der Waals surface area contributed by atoms with E-state index in [-0.39, 0.29) is 0 Å². The minimum atomic E-state index is 0.774. The van der Waals surface area contributed by atoms with Gasteiger partial charge in [0.1, 0.15) is 0 Å². The van der Waals surface area contributed by atoms with Gasteiger partial charge < -0.3 is 15.1 Å². The summed E-state index contributed by atoms with van der Waals surface area (Å²) >= 11 is 0. The van der Waals surface area contributed by atoms with Crippen LogP contribution in [0.3, 0.4) is 0 Å². The van der Waals surface area contributed by atoms with Crippen molar-refractivity contribution in [2.45, 2.75) is 31.3 Å². The van der Waals surface area contributed by atoms with E-state index in [1.165, 1.54) is 45.4 Å². The smallest absolute Gasteiger partial charge is 0.0229 e. The van der Waals surface area contributed by atoms with E-state index < -0.39 is 0 Å². The summed E-state index contributed by atoms with van der Waals surface area (Å²) < 4.78 is 0. The highest BCUT2D eigenvalue weighted by Crippen LogP contribution is 2.15. The number of likely N-dealkylation sites (N-methyl/N-ethyl adjacent to an activating group) is 1. The first-order chi connectivity index (χ1) is 6.75. The molecule has 2 aliphatic heterocycles. The molecule has 0 bridgehead atoms. The maximum absolute atomic E-state index is 3.57. The molecule has 0 saturated carbocycles. The third-order valence-corrected chi connectivity index (χ3v) is 3.62. The summed E-state index contributed by atoms with van der Waals surface area (Å²) in [5, 5.41) is 3.57. The van der Waals surface area contributed by atoms with Gasteiger partial charge >= 0.3 is 0 Å². The molecule has 3 heteroatoms. The first kappa shape index (κ1) is 10.4. The normalized spacial score (nSPS) is 34.5. The molecule has 2 fully saturated rings. The van der Waals surface area contributed by atoms with E-state index in [1.807, 2.05) is 0 Å². The highest BCUT2D eigenvalue weighted by Gasteiger charge is 2.26. The monoisotopic (exact) mass is 197 g/mol. The lowest BCUT2D eigenvalue weighted by Crippen LogP contribution is -2.38. The van der Waals surface area contributed by atoms with Gasteiger partial charge in [-0.1, -0.05) is 0 Å². The van der Waals surface area contributed by atoms with Crippen LogP contribution in [-0.2, 0) is 0 Å². The summed E-state index contributed by atoms with van der Waals surface area (Å²) in [7, 11) is 4.39. The predicted octanol–water partition coefficient (Wildman–Crippen LogP) is 0.374. The summed E-state index contributed by atoms with van der Waals surface area (Å²) in [5.41, 5.74) is 0. The van der Waals surface area contributed by atoms with Crippen molar-refractivity contribution in [2.24, 2.45) is 0 Å². The molecule has 0 aliphatic carbocycles. The Hall–Kier alpha value is -0.120. The summed E-state index contributed by atoms with van der Waals surface area (Å²) in [4.78, 5) is 4.98. The van der Waals surface area contributed by atoms with E-state index in [1.54, 1.807) is 0 Å². The zero-order valence-corrected chi connectivity index (χ0v) is 9.50. The topological polar surface area (TPSA) is 18.5 Å². The molecule has 2 atom stereocenters. The Morgan fingerprint density at radius 3 is 2.79 bits per heavy atom. The fourth-order valence-electron chi connectivity index (χ4n) is 2.62. The standard InChI is InChI=1S/C11H23N3/c1-13(2)11-5-7-14(9-11)8-10-4-3-6-12-10/h10-12H,3-9H2,1-2H3/t10-,11?/m0/s1. The number of nitrogens with one attached hydrogen (secondary N) is 1. The van der Waals surface area contributed by atoms with E-state index in [2.05, 4.69) is 29.2 Å². The van der Waals surface area contributed by atoms with Crippen molar-refractivity contribution in [1.29, 1.82) is 0 Å². The van der Waals surface area contributed by atoms with Crippen LogP contribution in [0.1, 0.15) is 19.3 Å². The van der Waals surface area contributed by atoms with Crippen molar-refractivity contribution in [3.05, 3.63) is 0 Å². The molecule has 2 heterocycles. The first-order valence-corrected chi connectivity index (χ1v) is 5.88. The average Bonchev–Trinajstić information content (AvgIpc) is 2.75. The summed E-state index contributed by atoms with van der Waals surface area (Å²) in [6.45, 7) is 5.06. The van der Waals surface area contributed by atoms with Gasteiger partial charge in [0.05, 0.1) is 0 Å². The largest absolute Gasteiger partial charge is 0.313 e. The molecule has 0 aromatic carbocycles. The molecule has 2 rings (SSSR count). The van der Waals surface area contributed by atoms with E-state index in [0.717, 1.165) is 12.1 Å². The molecular formula is C11H23N3. The molecule has 1 N–H and O–H groups in total. The summed E-state index contributed by atoms with van der Waals surface area (Å²) in [5.74, 6) is 0. The maximum Gasteiger partial charge on any atom is 0.0229 e. The van der Waals surface area contributed by atoms with Crippen LogP contribution < -0.4 is 5.32 Å². The maximum atomic E-state index is 3.57. The minimum absolute atomic E-state index is 0.774. The summed E-state index contributed by atoms with van der Waals surface area (Å²) in [6.07, 6.45) is 4.10. The Morgan fingerprint density at radius 2 is 2.21 bits per heavy atom. The van der Waals surface area contributed by atoms with Crippen molar-refractivity contribution < 1.29 is 0 Å². The quantitative estimate of drug-likeness (QED) is 0.705. The lowest BCUT2D eigenvalue weighted by molar-refractivity contribution is 0.255. The number of likely N-dealkylation sites (tertiary alicyclic amines) is 1. The Kier molecular flexibility index (Phi) is 3.42. The van der Waals surface area contributed by atoms with Crippen molar-refractivity contribution in [3.63, 3.8) is 0 Å². The van der Waals surface area contributed by atoms with E-state index in [0.29, 0.717) is 0 Å². The SMILES string of the molecule is CN(C)C1CCN(C[C@@H]2CCCN2)C1. The number of hydrogen-bond donors (Lipinski definition) is 1. The number of hydrogen-bond acceptors (Lipinski definition) is 3. The van der Waals surface area contributed by atoms with Gasteiger partial charge in [-0.15, -0.1) is 0 Å². The van der Waals surface area contributed by atoms with Gasteiger partial charge in [0.2, 0.25) is 0 Å². The molecular weight excluding hydrogens is 174 g/mol. The lowest BCUT2D eigenvalue weighted by Gasteiger charge is -2.22. The second-order valence-electron chi connectivity index (χ2n) is 4.96. The lowest BCUT2D eigenvalue weighted by atomic mass is 10.2. The molecule has 14 heavy (non-hydrogen) atoms.